The summed E-state index contributed by atoms with van der Waals surface area (Å²) in [6.45, 7) is 0. The molecule has 0 fully saturated rings. The summed E-state index contributed by atoms with van der Waals surface area (Å²) in [5, 5.41) is 17.5. The molecule has 1 heterocycles. The average Bonchev–Trinajstić information content (AvgIpc) is 2.92. The maximum atomic E-state index is 9.46. The number of hydrogen-bond acceptors (Lipinski definition) is 4. The maximum absolute atomic E-state index is 9.46. The van der Waals surface area contributed by atoms with E-state index in [1.54, 1.807) is 24.5 Å². The molecule has 0 radical (unpaired) electrons. The minimum Gasteiger partial charge on any atom is -0.506 e. The Morgan fingerprint density at radius 2 is 1.84 bits per heavy atom. The lowest BCUT2D eigenvalue weighted by Crippen LogP contribution is -1.96. The lowest BCUT2D eigenvalue weighted by molar-refractivity contribution is 0.478. The van der Waals surface area contributed by atoms with E-state index >= 15 is 0 Å². The summed E-state index contributed by atoms with van der Waals surface area (Å²) in [6.07, 6.45) is 1.65. The van der Waals surface area contributed by atoms with Crippen LogP contribution < -0.4 is 5.73 Å². The van der Waals surface area contributed by atoms with Crippen LogP contribution in [-0.4, -0.2) is 19.9 Å². The molecule has 0 bridgehead atoms. The van der Waals surface area contributed by atoms with Crippen LogP contribution in [0, 0.1) is 0 Å². The maximum Gasteiger partial charge on any atom is 0.168 e. The minimum absolute atomic E-state index is 0.0644. The zero-order chi connectivity index (χ0) is 13.2. The summed E-state index contributed by atoms with van der Waals surface area (Å²) in [4.78, 5) is 0. The van der Waals surface area contributed by atoms with Crippen molar-refractivity contribution in [1.29, 1.82) is 0 Å². The van der Waals surface area contributed by atoms with Crippen LogP contribution in [0.4, 0.5) is 5.69 Å². The van der Waals surface area contributed by atoms with E-state index in [0.717, 1.165) is 11.3 Å². The predicted molar refractivity (Wildman–Crippen MR) is 72.9 cm³/mol. The highest BCUT2D eigenvalue weighted by Crippen LogP contribution is 2.27. The Hall–Kier alpha value is -2.82. The second-order valence-corrected chi connectivity index (χ2v) is 4.13. The van der Waals surface area contributed by atoms with Gasteiger partial charge in [-0.25, -0.2) is 0 Å². The number of aromatic nitrogens is 3. The normalized spacial score (nSPS) is 10.5. The standard InChI is InChI=1S/C14H12N4O/c15-12-8-10(6-7-13(12)19)14-17-16-9-18(14)11-4-2-1-3-5-11/h1-9,19H,15H2. The van der Waals surface area contributed by atoms with Gasteiger partial charge in [0, 0.05) is 11.3 Å². The first-order valence-electron chi connectivity index (χ1n) is 5.80. The summed E-state index contributed by atoms with van der Waals surface area (Å²) in [5.74, 6) is 0.743. The Morgan fingerprint density at radius 1 is 1.05 bits per heavy atom. The fourth-order valence-electron chi connectivity index (χ4n) is 1.90. The number of anilines is 1. The molecule has 5 heteroatoms. The largest absolute Gasteiger partial charge is 0.506 e. The van der Waals surface area contributed by atoms with Crippen LogP contribution in [0.15, 0.2) is 54.9 Å². The fraction of sp³-hybridized carbons (Fsp3) is 0. The van der Waals surface area contributed by atoms with Crippen molar-refractivity contribution in [3.8, 4) is 22.8 Å². The Bertz CT molecular complexity index is 706. The van der Waals surface area contributed by atoms with Crippen molar-refractivity contribution >= 4 is 5.69 Å². The minimum atomic E-state index is 0.0644. The molecule has 5 nitrogen and oxygen atoms in total. The van der Waals surface area contributed by atoms with E-state index in [1.165, 1.54) is 0 Å². The van der Waals surface area contributed by atoms with Gasteiger partial charge in [-0.1, -0.05) is 18.2 Å². The lowest BCUT2D eigenvalue weighted by atomic mass is 10.1. The fourth-order valence-corrected chi connectivity index (χ4v) is 1.90. The first-order valence-corrected chi connectivity index (χ1v) is 5.80. The van der Waals surface area contributed by atoms with Crippen molar-refractivity contribution in [1.82, 2.24) is 14.8 Å². The molecule has 0 aliphatic heterocycles. The van der Waals surface area contributed by atoms with Gasteiger partial charge < -0.3 is 10.8 Å². The van der Waals surface area contributed by atoms with Gasteiger partial charge in [-0.2, -0.15) is 0 Å². The third-order valence-corrected chi connectivity index (χ3v) is 2.87. The summed E-state index contributed by atoms with van der Waals surface area (Å²) in [7, 11) is 0. The highest BCUT2D eigenvalue weighted by Gasteiger charge is 2.10. The van der Waals surface area contributed by atoms with E-state index in [1.807, 2.05) is 34.9 Å². The third kappa shape index (κ3) is 2.01. The average molecular weight is 252 g/mol. The van der Waals surface area contributed by atoms with Crippen LogP contribution in [0.3, 0.4) is 0 Å². The van der Waals surface area contributed by atoms with E-state index in [9.17, 15) is 5.11 Å². The van der Waals surface area contributed by atoms with Crippen LogP contribution in [-0.2, 0) is 0 Å². The molecule has 0 spiro atoms. The molecule has 0 unspecified atom stereocenters. The van der Waals surface area contributed by atoms with Gasteiger partial charge in [-0.15, -0.1) is 10.2 Å². The van der Waals surface area contributed by atoms with Crippen LogP contribution in [0.2, 0.25) is 0 Å². The number of nitrogens with two attached hydrogens (primary N) is 1. The molecule has 0 amide bonds. The topological polar surface area (TPSA) is 77.0 Å². The van der Waals surface area contributed by atoms with E-state index < -0.39 is 0 Å². The van der Waals surface area contributed by atoms with Gasteiger partial charge in [0.05, 0.1) is 5.69 Å². The van der Waals surface area contributed by atoms with Crippen LogP contribution in [0.5, 0.6) is 5.75 Å². The molecule has 2 aromatic carbocycles. The molecule has 0 atom stereocenters. The van der Waals surface area contributed by atoms with Crippen molar-refractivity contribution in [3.63, 3.8) is 0 Å². The number of nitrogen functional groups attached to an aromatic ring is 1. The van der Waals surface area contributed by atoms with Crippen molar-refractivity contribution in [3.05, 3.63) is 54.9 Å². The molecular formula is C14H12N4O. The van der Waals surface area contributed by atoms with Gasteiger partial charge >= 0.3 is 0 Å². The highest BCUT2D eigenvalue weighted by molar-refractivity contribution is 5.67. The van der Waals surface area contributed by atoms with Crippen LogP contribution in [0.1, 0.15) is 0 Å². The molecule has 19 heavy (non-hydrogen) atoms. The Kier molecular flexibility index (Phi) is 2.64. The second kappa shape index (κ2) is 4.45. The molecule has 3 rings (SSSR count). The van der Waals surface area contributed by atoms with Gasteiger partial charge in [0.15, 0.2) is 5.82 Å². The van der Waals surface area contributed by atoms with E-state index in [0.29, 0.717) is 11.5 Å². The molecule has 0 aliphatic carbocycles. The summed E-state index contributed by atoms with van der Waals surface area (Å²) < 4.78 is 1.87. The van der Waals surface area contributed by atoms with Gasteiger partial charge in [0.1, 0.15) is 12.1 Å². The molecule has 0 saturated heterocycles. The summed E-state index contributed by atoms with van der Waals surface area (Å²) in [5.41, 5.74) is 7.80. The van der Waals surface area contributed by atoms with Crippen LogP contribution in [0.25, 0.3) is 17.1 Å². The van der Waals surface area contributed by atoms with Gasteiger partial charge in [0.2, 0.25) is 0 Å². The predicted octanol–water partition coefficient (Wildman–Crippen LogP) is 2.22. The Labute approximate surface area is 110 Å². The van der Waals surface area contributed by atoms with E-state index in [2.05, 4.69) is 10.2 Å². The monoisotopic (exact) mass is 252 g/mol. The molecule has 3 N–H and O–H groups in total. The van der Waals surface area contributed by atoms with Gasteiger partial charge in [-0.05, 0) is 30.3 Å². The van der Waals surface area contributed by atoms with Gasteiger partial charge in [0.25, 0.3) is 0 Å². The number of para-hydroxylation sites is 1. The van der Waals surface area contributed by atoms with E-state index in [-0.39, 0.29) is 5.75 Å². The van der Waals surface area contributed by atoms with Crippen molar-refractivity contribution in [2.75, 3.05) is 5.73 Å². The first-order chi connectivity index (χ1) is 9.25. The second-order valence-electron chi connectivity index (χ2n) is 4.13. The SMILES string of the molecule is Nc1cc(-c2nncn2-c2ccccc2)ccc1O. The smallest absolute Gasteiger partial charge is 0.168 e. The van der Waals surface area contributed by atoms with Crippen LogP contribution >= 0.6 is 0 Å². The zero-order valence-electron chi connectivity index (χ0n) is 10.1. The highest BCUT2D eigenvalue weighted by atomic mass is 16.3. The van der Waals surface area contributed by atoms with E-state index in [4.69, 9.17) is 5.73 Å². The molecule has 94 valence electrons. The summed E-state index contributed by atoms with van der Waals surface area (Å²) >= 11 is 0. The molecule has 3 aromatic rings. The summed E-state index contributed by atoms with van der Waals surface area (Å²) in [6, 6.07) is 14.8. The quantitative estimate of drug-likeness (QED) is 0.541. The number of hydrogen-bond donors (Lipinski definition) is 2. The Morgan fingerprint density at radius 3 is 2.58 bits per heavy atom. The Balaban J connectivity index is 2.12. The number of phenols is 1. The van der Waals surface area contributed by atoms with Gasteiger partial charge in [-0.3, -0.25) is 4.57 Å². The number of aromatic hydroxyl groups is 1. The number of rotatable bonds is 2. The molecule has 0 aliphatic rings. The molecule has 1 aromatic heterocycles. The lowest BCUT2D eigenvalue weighted by Gasteiger charge is -2.07. The first kappa shape index (κ1) is 11.3. The third-order valence-electron chi connectivity index (χ3n) is 2.87. The number of benzene rings is 2. The van der Waals surface area contributed by atoms with Crippen molar-refractivity contribution < 1.29 is 5.11 Å². The molecule has 0 saturated carbocycles. The molecular weight excluding hydrogens is 240 g/mol. The zero-order valence-corrected chi connectivity index (χ0v) is 10.1. The van der Waals surface area contributed by atoms with Crippen molar-refractivity contribution in [2.45, 2.75) is 0 Å². The number of phenolic OH excluding ortho intramolecular Hbond substituents is 1. The number of nitrogens with zero attached hydrogens (tertiary/aromatic N) is 3. The van der Waals surface area contributed by atoms with Crippen molar-refractivity contribution in [2.24, 2.45) is 0 Å².